The van der Waals surface area contributed by atoms with E-state index in [9.17, 15) is 0 Å². The lowest BCUT2D eigenvalue weighted by atomic mass is 10.0. The van der Waals surface area contributed by atoms with Crippen molar-refractivity contribution in [1.82, 2.24) is 20.6 Å². The highest BCUT2D eigenvalue weighted by molar-refractivity contribution is 8.04. The van der Waals surface area contributed by atoms with E-state index in [1.807, 2.05) is 24.1 Å². The molecular weight excluding hydrogens is 284 g/mol. The normalized spacial score (nSPS) is 23.7. The second-order valence-electron chi connectivity index (χ2n) is 5.04. The SMILES string of the molecule is C1=CC2=COC3=C(CCC=C3Cc3nn[nH]n3)SC2C=C1. The summed E-state index contributed by atoms with van der Waals surface area (Å²) >= 11 is 1.88. The van der Waals surface area contributed by atoms with Gasteiger partial charge >= 0.3 is 0 Å². The molecule has 0 amide bonds. The van der Waals surface area contributed by atoms with Crippen LogP contribution < -0.4 is 0 Å². The van der Waals surface area contributed by atoms with Crippen molar-refractivity contribution >= 4 is 11.8 Å². The summed E-state index contributed by atoms with van der Waals surface area (Å²) in [6, 6.07) is 0. The Labute approximate surface area is 126 Å². The summed E-state index contributed by atoms with van der Waals surface area (Å²) in [6.07, 6.45) is 15.3. The van der Waals surface area contributed by atoms with E-state index in [0.29, 0.717) is 17.5 Å². The van der Waals surface area contributed by atoms with E-state index in [1.165, 1.54) is 10.5 Å². The molecule has 2 heterocycles. The Morgan fingerprint density at radius 1 is 1.38 bits per heavy atom. The predicted octanol–water partition coefficient (Wildman–Crippen LogP) is 2.82. The molecule has 1 aromatic rings. The third kappa shape index (κ3) is 2.47. The Morgan fingerprint density at radius 3 is 3.29 bits per heavy atom. The summed E-state index contributed by atoms with van der Waals surface area (Å²) in [5.74, 6) is 1.66. The summed E-state index contributed by atoms with van der Waals surface area (Å²) in [5.41, 5.74) is 2.35. The van der Waals surface area contributed by atoms with Gasteiger partial charge in [0.15, 0.2) is 5.82 Å². The van der Waals surface area contributed by atoms with Gasteiger partial charge in [0.25, 0.3) is 0 Å². The molecule has 0 aromatic carbocycles. The Bertz CT molecular complexity index is 697. The highest BCUT2D eigenvalue weighted by atomic mass is 32.2. The highest BCUT2D eigenvalue weighted by Gasteiger charge is 2.26. The van der Waals surface area contributed by atoms with Gasteiger partial charge < -0.3 is 4.74 Å². The monoisotopic (exact) mass is 298 g/mol. The van der Waals surface area contributed by atoms with Crippen molar-refractivity contribution in [3.63, 3.8) is 0 Å². The number of nitrogens with zero attached hydrogens (tertiary/aromatic N) is 3. The third-order valence-corrected chi connectivity index (χ3v) is 5.00. The number of aromatic nitrogens is 4. The van der Waals surface area contributed by atoms with Crippen LogP contribution in [0, 0.1) is 0 Å². The van der Waals surface area contributed by atoms with Gasteiger partial charge in [-0.15, -0.1) is 22.0 Å². The van der Waals surface area contributed by atoms with Gasteiger partial charge in [-0.05, 0) is 18.4 Å². The lowest BCUT2D eigenvalue weighted by molar-refractivity contribution is 0.350. The first-order valence-electron chi connectivity index (χ1n) is 6.93. The topological polar surface area (TPSA) is 63.7 Å². The van der Waals surface area contributed by atoms with E-state index in [0.717, 1.165) is 24.2 Å². The minimum absolute atomic E-state index is 0.354. The van der Waals surface area contributed by atoms with Gasteiger partial charge in [0.1, 0.15) is 5.76 Å². The summed E-state index contributed by atoms with van der Waals surface area (Å²) in [6.45, 7) is 0. The number of hydrogen-bond donors (Lipinski definition) is 1. The van der Waals surface area contributed by atoms with Crippen molar-refractivity contribution in [2.45, 2.75) is 24.5 Å². The molecule has 0 bridgehead atoms. The average molecular weight is 298 g/mol. The number of H-pyrrole nitrogens is 1. The first-order valence-corrected chi connectivity index (χ1v) is 7.81. The Balaban J connectivity index is 1.64. The molecule has 4 rings (SSSR count). The molecule has 1 aromatic heterocycles. The molecule has 3 aliphatic rings. The van der Waals surface area contributed by atoms with Crippen molar-refractivity contribution < 1.29 is 4.74 Å². The van der Waals surface area contributed by atoms with Crippen molar-refractivity contribution in [1.29, 1.82) is 0 Å². The zero-order valence-electron chi connectivity index (χ0n) is 11.3. The number of aromatic amines is 1. The largest absolute Gasteiger partial charge is 0.464 e. The zero-order valence-corrected chi connectivity index (χ0v) is 12.1. The van der Waals surface area contributed by atoms with Gasteiger partial charge in [-0.1, -0.05) is 35.6 Å². The van der Waals surface area contributed by atoms with Crippen LogP contribution in [0.3, 0.4) is 0 Å². The number of fused-ring (bicyclic) bond motifs is 1. The molecule has 0 saturated heterocycles. The van der Waals surface area contributed by atoms with Gasteiger partial charge in [-0.25, -0.2) is 0 Å². The number of tetrazole rings is 1. The van der Waals surface area contributed by atoms with E-state index in [-0.39, 0.29) is 0 Å². The minimum Gasteiger partial charge on any atom is -0.464 e. The van der Waals surface area contributed by atoms with Crippen molar-refractivity contribution in [3.05, 3.63) is 64.3 Å². The fourth-order valence-corrected chi connectivity index (χ4v) is 3.90. The second-order valence-corrected chi connectivity index (χ2v) is 6.28. The third-order valence-electron chi connectivity index (χ3n) is 3.64. The lowest BCUT2D eigenvalue weighted by Crippen LogP contribution is -2.06. The molecule has 0 saturated carbocycles. The van der Waals surface area contributed by atoms with E-state index >= 15 is 0 Å². The fourth-order valence-electron chi connectivity index (χ4n) is 2.63. The van der Waals surface area contributed by atoms with Crippen LogP contribution in [0.15, 0.2) is 58.5 Å². The zero-order chi connectivity index (χ0) is 14.1. The van der Waals surface area contributed by atoms with E-state index in [1.54, 1.807) is 0 Å². The average Bonchev–Trinajstić information content (AvgIpc) is 2.93. The second kappa shape index (κ2) is 5.37. The Kier molecular flexibility index (Phi) is 3.23. The first-order chi connectivity index (χ1) is 10.4. The van der Waals surface area contributed by atoms with Gasteiger partial charge in [-0.2, -0.15) is 5.21 Å². The van der Waals surface area contributed by atoms with E-state index in [2.05, 4.69) is 44.9 Å². The van der Waals surface area contributed by atoms with Crippen molar-refractivity contribution in [2.75, 3.05) is 0 Å². The van der Waals surface area contributed by atoms with Crippen LogP contribution in [0.1, 0.15) is 18.7 Å². The fraction of sp³-hybridized carbons (Fsp3) is 0.267. The first kappa shape index (κ1) is 12.6. The van der Waals surface area contributed by atoms with Crippen molar-refractivity contribution in [3.8, 4) is 0 Å². The van der Waals surface area contributed by atoms with Crippen LogP contribution in [-0.4, -0.2) is 25.9 Å². The molecule has 106 valence electrons. The van der Waals surface area contributed by atoms with Gasteiger partial charge in [0.2, 0.25) is 0 Å². The van der Waals surface area contributed by atoms with Crippen LogP contribution in [0.2, 0.25) is 0 Å². The summed E-state index contributed by atoms with van der Waals surface area (Å²) in [4.78, 5) is 1.31. The van der Waals surface area contributed by atoms with Crippen LogP contribution in [0.5, 0.6) is 0 Å². The van der Waals surface area contributed by atoms with Crippen molar-refractivity contribution in [2.24, 2.45) is 0 Å². The van der Waals surface area contributed by atoms with Crippen LogP contribution in [0.25, 0.3) is 0 Å². The van der Waals surface area contributed by atoms with Crippen LogP contribution >= 0.6 is 11.8 Å². The molecule has 0 fully saturated rings. The molecule has 2 aliphatic carbocycles. The summed E-state index contributed by atoms with van der Waals surface area (Å²) < 4.78 is 5.99. The van der Waals surface area contributed by atoms with Crippen LogP contribution in [-0.2, 0) is 11.2 Å². The predicted molar refractivity (Wildman–Crippen MR) is 81.1 cm³/mol. The van der Waals surface area contributed by atoms with E-state index in [4.69, 9.17) is 4.74 Å². The van der Waals surface area contributed by atoms with Crippen LogP contribution in [0.4, 0.5) is 0 Å². The highest BCUT2D eigenvalue weighted by Crippen LogP contribution is 2.42. The van der Waals surface area contributed by atoms with Gasteiger partial charge in [-0.3, -0.25) is 0 Å². The maximum absolute atomic E-state index is 5.99. The number of rotatable bonds is 2. The molecule has 6 heteroatoms. The molecule has 21 heavy (non-hydrogen) atoms. The molecule has 1 unspecified atom stereocenters. The van der Waals surface area contributed by atoms with Gasteiger partial charge in [0.05, 0.1) is 11.5 Å². The quantitative estimate of drug-likeness (QED) is 0.909. The number of nitrogens with one attached hydrogen (secondary N) is 1. The van der Waals surface area contributed by atoms with E-state index < -0.39 is 0 Å². The maximum atomic E-state index is 5.99. The maximum Gasteiger partial charge on any atom is 0.179 e. The number of allylic oxidation sites excluding steroid dienone is 6. The standard InChI is InChI=1S/C15H14N4OS/c1-2-6-12-11(4-1)9-20-15-10(5-3-7-13(15)21-12)8-14-16-18-19-17-14/h1-2,4-6,9,12H,3,7-8H2,(H,16,17,18,19). The molecule has 0 spiro atoms. The lowest BCUT2D eigenvalue weighted by Gasteiger charge is -2.19. The molecule has 1 atom stereocenters. The molecule has 1 aliphatic heterocycles. The minimum atomic E-state index is 0.354. The molecular formula is C15H14N4OS. The number of hydrogen-bond acceptors (Lipinski definition) is 5. The smallest absolute Gasteiger partial charge is 0.179 e. The molecule has 5 nitrogen and oxygen atoms in total. The Hall–Kier alpha value is -2.08. The Morgan fingerprint density at radius 2 is 2.38 bits per heavy atom. The number of thioether (sulfide) groups is 1. The summed E-state index contributed by atoms with van der Waals surface area (Å²) in [5, 5.41) is 14.5. The molecule has 0 radical (unpaired) electrons. The summed E-state index contributed by atoms with van der Waals surface area (Å²) in [7, 11) is 0. The van der Waals surface area contributed by atoms with Gasteiger partial charge in [0, 0.05) is 16.9 Å². The molecule has 1 N–H and O–H groups in total. The number of ether oxygens (including phenoxy) is 1.